The number of likely N-dealkylation sites (N-methyl/N-ethyl adjacent to an activating group) is 6. The first-order chi connectivity index (χ1) is 68.5. The highest BCUT2D eigenvalue weighted by atomic mass is 16.5. The second-order valence-corrected chi connectivity index (χ2v) is 38.7. The third-order valence-electron chi connectivity index (χ3n) is 33.9. The van der Waals surface area contributed by atoms with E-state index in [4.69, 9.17) is 55.8 Å². The van der Waals surface area contributed by atoms with Crippen LogP contribution in [0.4, 0.5) is 0 Å². The molecule has 0 spiro atoms. The Morgan fingerprint density at radius 2 is 0.450 bits per heavy atom. The Bertz CT molecular complexity index is 5540. The van der Waals surface area contributed by atoms with Crippen LogP contribution in [0.3, 0.4) is 0 Å². The molecule has 6 aromatic rings. The fourth-order valence-corrected chi connectivity index (χ4v) is 27.9. The summed E-state index contributed by atoms with van der Waals surface area (Å²) >= 11 is 0. The van der Waals surface area contributed by atoms with Crippen molar-refractivity contribution in [2.75, 3.05) is 124 Å². The summed E-state index contributed by atoms with van der Waals surface area (Å²) in [6, 6.07) is 26.5. The Labute approximate surface area is 760 Å². The molecule has 6 saturated heterocycles. The van der Waals surface area contributed by atoms with Gasteiger partial charge in [0.1, 0.15) is 34.5 Å². The van der Waals surface area contributed by atoms with E-state index in [0.717, 1.165) is 233 Å². The Hall–Kier alpha value is -6.12. The lowest BCUT2D eigenvalue weighted by Gasteiger charge is -2.58. The van der Waals surface area contributed by atoms with E-state index in [0.29, 0.717) is 85.4 Å². The van der Waals surface area contributed by atoms with Crippen molar-refractivity contribution in [2.45, 2.75) is 300 Å². The molecule has 12 nitrogen and oxygen atoms in total. The highest BCUT2D eigenvalue weighted by Crippen LogP contribution is 2.63. The zero-order chi connectivity index (χ0) is 105. The minimum absolute atomic E-state index is 0.0517. The lowest BCUT2D eigenvalue weighted by Crippen LogP contribution is -2.59. The van der Waals surface area contributed by atoms with Crippen molar-refractivity contribution in [3.63, 3.8) is 0 Å². The van der Waals surface area contributed by atoms with Crippen LogP contribution in [0.15, 0.2) is 109 Å². The summed E-state index contributed by atoms with van der Waals surface area (Å²) in [6.45, 7) is -6.40. The van der Waals surface area contributed by atoms with E-state index in [1.54, 1.807) is 66.9 Å². The van der Waals surface area contributed by atoms with Gasteiger partial charge in [-0.05, 0) is 410 Å². The minimum atomic E-state index is -2.48. The summed E-state index contributed by atoms with van der Waals surface area (Å²) in [7, 11) is 13.8. The van der Waals surface area contributed by atoms with Crippen LogP contribution >= 0.6 is 0 Å². The summed E-state index contributed by atoms with van der Waals surface area (Å²) < 4.78 is 254. The molecular weight excluding hydrogens is 1480 g/mol. The monoisotopic (exact) mass is 1650 g/mol. The zero-order valence-electron chi connectivity index (χ0n) is 98.9. The van der Waals surface area contributed by atoms with E-state index in [1.807, 2.05) is 84.6 Å². The SMILES string of the molecule is [2H]C([2H])([2H])N1CC[C@@]23CCCCC2[C@]1([2H])C([2H])([2H])c1ccc(OC)cc13.[2H]C([2H])([2H])N1CC[C@@]23CCCCC2[C@]1([2H])C([2H])([2H])c1ccc(OC)cc13.[2H]C([2H])([2H])N1CC[C@@]23CCCCC2[C@]1([2H])Cc1ccc(OC)cc13.[2H]C([2H])([2H])N1CC[C@@]23CCCCC2[C@]1([2H])Cc1ccc(OC)cc13.[2H]C1([2H])c2ccc(OC)cc2[C@]23CCCCC2[C@@]1([2H])N(C)CC3.[2H]C1([2H])c2ccc(OC)cc2[C@]23CCCCC2[C@@]1([2H])N(C)CC3. The topological polar surface area (TPSA) is 74.8 Å². The van der Waals surface area contributed by atoms with Crippen molar-refractivity contribution < 1.29 is 64.1 Å². The second kappa shape index (κ2) is 34.0. The van der Waals surface area contributed by atoms with Gasteiger partial charge in [-0.1, -0.05) is 113 Å². The van der Waals surface area contributed by atoms with Crippen LogP contribution in [0.25, 0.3) is 0 Å². The maximum atomic E-state index is 9.28. The van der Waals surface area contributed by atoms with Crippen molar-refractivity contribution in [1.82, 2.24) is 29.4 Å². The largest absolute Gasteiger partial charge is 0.497 e. The molecule has 6 saturated carbocycles. The van der Waals surface area contributed by atoms with Gasteiger partial charge in [0.2, 0.25) is 0 Å². The van der Waals surface area contributed by atoms with Crippen LogP contribution in [0.5, 0.6) is 34.5 Å². The van der Waals surface area contributed by atoms with Crippen LogP contribution < -0.4 is 28.4 Å². The summed E-state index contributed by atoms with van der Waals surface area (Å²) in [5, 5.41) is 0. The quantitative estimate of drug-likeness (QED) is 0.159. The van der Waals surface area contributed by atoms with Crippen LogP contribution in [0.1, 0.15) is 295 Å². The number of likely N-dealkylation sites (tertiary alicyclic amines) is 6. The van der Waals surface area contributed by atoms with Crippen molar-refractivity contribution in [3.8, 4) is 34.5 Å². The number of rotatable bonds is 6. The van der Waals surface area contributed by atoms with Crippen molar-refractivity contribution >= 4 is 0 Å². The van der Waals surface area contributed by atoms with E-state index in [9.17, 15) is 8.22 Å². The maximum Gasteiger partial charge on any atom is 0.119 e. The molecule has 12 fully saturated rings. The summed E-state index contributed by atoms with van der Waals surface area (Å²) in [4.78, 5) is 9.24. The van der Waals surface area contributed by atoms with Crippen LogP contribution in [0, 0.1) is 35.5 Å². The maximum absolute atomic E-state index is 9.28. The molecule has 6 heterocycles. The molecule has 648 valence electrons. The number of methoxy groups -OCH3 is 6. The van der Waals surface area contributed by atoms with Gasteiger partial charge >= 0.3 is 0 Å². The molecular formula is C108H150N6O6. The molecule has 18 atom stereocenters. The number of hydrogen-bond acceptors (Lipinski definition) is 12. The lowest BCUT2D eigenvalue weighted by atomic mass is 9.52. The molecule has 6 aromatic carbocycles. The van der Waals surface area contributed by atoms with Gasteiger partial charge in [0.05, 0.1) is 42.7 Å². The molecule has 12 bridgehead atoms. The molecule has 24 rings (SSSR count). The molecule has 12 heteroatoms. The van der Waals surface area contributed by atoms with E-state index < -0.39 is 89.5 Å². The molecule has 6 aliphatic heterocycles. The van der Waals surface area contributed by atoms with Gasteiger partial charge in [-0.25, -0.2) is 0 Å². The third kappa shape index (κ3) is 14.1. The molecule has 0 amide bonds. The van der Waals surface area contributed by atoms with E-state index in [2.05, 4.69) is 24.3 Å². The van der Waals surface area contributed by atoms with Gasteiger partial charge in [-0.15, -0.1) is 0 Å². The average molecular weight is 1650 g/mol. The Kier molecular flexibility index (Phi) is 16.5. The van der Waals surface area contributed by atoms with E-state index >= 15 is 0 Å². The number of benzene rings is 6. The predicted molar refractivity (Wildman–Crippen MR) is 488 cm³/mol. The summed E-state index contributed by atoms with van der Waals surface area (Å²) in [5.41, 5.74) is 10.4. The van der Waals surface area contributed by atoms with E-state index in [1.165, 1.54) is 33.8 Å². The van der Waals surface area contributed by atoms with Crippen molar-refractivity contribution in [2.24, 2.45) is 35.5 Å². The standard InChI is InChI=1S/6C18H25NO/c6*1-19-10-9-18-8-4-3-5-15(18)17(19)11-13-6-7-14(20-2)12-16(13)18/h6*6-7,12,15,17H,3-5,8-11H2,1-2H3/t6*15?,17-,18-/m000000/s1/i2*1D3,11D2,17D;2*11D2,17D;2*1D3,17D. The highest BCUT2D eigenvalue weighted by molar-refractivity contribution is 5.52. The number of fused-ring (bicyclic) bond motifs is 6. The molecule has 18 aliphatic rings. The normalized spacial score (nSPS) is 45.1. The Balaban J connectivity index is 0.000000111. The summed E-state index contributed by atoms with van der Waals surface area (Å²) in [5.74, 6) is 4.31. The molecule has 12 aliphatic carbocycles. The number of hydrogen-bond donors (Lipinski definition) is 0. The van der Waals surface area contributed by atoms with Crippen LogP contribution in [-0.2, 0) is 70.8 Å². The second-order valence-electron chi connectivity index (χ2n) is 38.7. The van der Waals surface area contributed by atoms with Crippen molar-refractivity contribution in [1.29, 1.82) is 0 Å². The lowest BCUT2D eigenvalue weighted by molar-refractivity contribution is 0.00272. The van der Waals surface area contributed by atoms with Gasteiger partial charge < -0.3 is 57.8 Å². The van der Waals surface area contributed by atoms with Crippen molar-refractivity contribution in [3.05, 3.63) is 176 Å². The van der Waals surface area contributed by atoms with Crippen LogP contribution in [-0.4, -0.2) is 189 Å². The first kappa shape index (κ1) is 58.2. The predicted octanol–water partition coefficient (Wildman–Crippen LogP) is 20.3. The fourth-order valence-electron chi connectivity index (χ4n) is 27.9. The Morgan fingerprint density at radius 3 is 0.675 bits per heavy atom. The smallest absolute Gasteiger partial charge is 0.119 e. The number of piperidine rings is 6. The molecule has 120 heavy (non-hydrogen) atoms. The molecule has 0 radical (unpaired) electrons. The zero-order valence-corrected chi connectivity index (χ0v) is 72.9. The third-order valence-corrected chi connectivity index (χ3v) is 33.9. The van der Waals surface area contributed by atoms with Gasteiger partial charge in [0, 0.05) is 104 Å². The summed E-state index contributed by atoms with van der Waals surface area (Å²) in [6.07, 6.45) is 22.7. The first-order valence-electron chi connectivity index (χ1n) is 59.2. The number of ether oxygens (including phenoxy) is 6. The van der Waals surface area contributed by atoms with Gasteiger partial charge in [-0.3, -0.25) is 0 Å². The Morgan fingerprint density at radius 1 is 0.258 bits per heavy atom. The van der Waals surface area contributed by atoms with Gasteiger partial charge in [-0.2, -0.15) is 0 Å². The molecule has 6 unspecified atom stereocenters. The van der Waals surface area contributed by atoms with Gasteiger partial charge in [0.25, 0.3) is 0 Å². The molecule has 0 aromatic heterocycles. The van der Waals surface area contributed by atoms with Crippen LogP contribution in [0.2, 0.25) is 0 Å². The highest BCUT2D eigenvalue weighted by Gasteiger charge is 2.60. The average Bonchev–Trinajstić information content (AvgIpc) is 0.642. The first-order valence-corrected chi connectivity index (χ1v) is 46.2. The van der Waals surface area contributed by atoms with E-state index in [-0.39, 0.29) is 81.1 Å². The fraction of sp³-hybridized carbons (Fsp3) is 0.667. The number of nitrogens with zero attached hydrogens (tertiary/aromatic N) is 6. The molecule has 0 N–H and O–H groups in total. The minimum Gasteiger partial charge on any atom is -0.497 e. The van der Waals surface area contributed by atoms with Gasteiger partial charge in [0.15, 0.2) is 0 Å².